The summed E-state index contributed by atoms with van der Waals surface area (Å²) in [6.07, 6.45) is 2.53. The van der Waals surface area contributed by atoms with Crippen LogP contribution in [0.4, 0.5) is 0 Å². The van der Waals surface area contributed by atoms with Gasteiger partial charge >= 0.3 is 0 Å². The average molecular weight is 373 g/mol. The second-order valence-electron chi connectivity index (χ2n) is 4.10. The third-order valence-corrected chi connectivity index (χ3v) is 4.21. The summed E-state index contributed by atoms with van der Waals surface area (Å²) >= 11 is 7.11. The van der Waals surface area contributed by atoms with Crippen molar-refractivity contribution < 1.29 is 0 Å². The fourth-order valence-corrected chi connectivity index (χ4v) is 2.97. The Balaban J connectivity index is 2.20. The van der Waals surface area contributed by atoms with Crippen molar-refractivity contribution in [2.24, 2.45) is 0 Å². The van der Waals surface area contributed by atoms with E-state index in [0.29, 0.717) is 5.92 Å². The molecule has 0 saturated heterocycles. The lowest BCUT2D eigenvalue weighted by molar-refractivity contribution is 0.592. The Morgan fingerprint density at radius 1 is 1.39 bits per heavy atom. The Morgan fingerprint density at radius 2 is 2.22 bits per heavy atom. The van der Waals surface area contributed by atoms with Gasteiger partial charge in [-0.2, -0.15) is 5.10 Å². The number of aryl methyl sites for hydroxylation is 1. The third kappa shape index (κ3) is 3.20. The quantitative estimate of drug-likeness (QED) is 0.747. The largest absolute Gasteiger partial charge is 0.250 e. The van der Waals surface area contributed by atoms with Crippen LogP contribution in [0, 0.1) is 0 Å². The van der Waals surface area contributed by atoms with Gasteiger partial charge in [-0.25, -0.2) is 4.98 Å². The zero-order valence-corrected chi connectivity index (χ0v) is 13.4. The molecule has 96 valence electrons. The number of hydrogen-bond acceptors (Lipinski definition) is 2. The number of aromatic nitrogens is 3. The van der Waals surface area contributed by atoms with E-state index in [1.807, 2.05) is 10.7 Å². The van der Waals surface area contributed by atoms with Gasteiger partial charge in [0.2, 0.25) is 0 Å². The van der Waals surface area contributed by atoms with Crippen LogP contribution in [0.3, 0.4) is 0 Å². The highest BCUT2D eigenvalue weighted by Gasteiger charge is 2.14. The van der Waals surface area contributed by atoms with Crippen LogP contribution in [0.15, 0.2) is 35.1 Å². The topological polar surface area (TPSA) is 30.7 Å². The predicted octanol–water partition coefficient (Wildman–Crippen LogP) is 3.78. The van der Waals surface area contributed by atoms with Gasteiger partial charge in [0.05, 0.1) is 0 Å². The molecule has 1 aromatic heterocycles. The van der Waals surface area contributed by atoms with Gasteiger partial charge in [-0.15, -0.1) is 0 Å². The number of rotatable bonds is 5. The summed E-state index contributed by atoms with van der Waals surface area (Å²) < 4.78 is 3.07. The van der Waals surface area contributed by atoms with E-state index in [0.717, 1.165) is 28.6 Å². The van der Waals surface area contributed by atoms with Gasteiger partial charge in [0.1, 0.15) is 12.2 Å². The number of halogens is 2. The molecule has 0 aliphatic rings. The fourth-order valence-electron chi connectivity index (χ4n) is 1.95. The van der Waals surface area contributed by atoms with E-state index in [4.69, 9.17) is 0 Å². The molecular formula is C13H15Br2N3. The molecule has 1 unspecified atom stereocenters. The maximum atomic E-state index is 4.34. The van der Waals surface area contributed by atoms with Gasteiger partial charge in [0, 0.05) is 28.7 Å². The molecule has 0 N–H and O–H groups in total. The van der Waals surface area contributed by atoms with Crippen molar-refractivity contribution in [1.29, 1.82) is 0 Å². The van der Waals surface area contributed by atoms with E-state index >= 15 is 0 Å². The lowest BCUT2D eigenvalue weighted by Crippen LogP contribution is -2.11. The molecule has 0 aliphatic heterocycles. The van der Waals surface area contributed by atoms with Crippen molar-refractivity contribution in [2.75, 3.05) is 5.33 Å². The summed E-state index contributed by atoms with van der Waals surface area (Å²) in [5, 5.41) is 5.13. The summed E-state index contributed by atoms with van der Waals surface area (Å²) in [6, 6.07) is 8.44. The van der Waals surface area contributed by atoms with Gasteiger partial charge < -0.3 is 0 Å². The zero-order valence-electron chi connectivity index (χ0n) is 10.2. The van der Waals surface area contributed by atoms with Crippen molar-refractivity contribution >= 4 is 31.9 Å². The molecule has 2 rings (SSSR count). The van der Waals surface area contributed by atoms with Gasteiger partial charge in [0.15, 0.2) is 0 Å². The maximum Gasteiger partial charge on any atom is 0.138 e. The summed E-state index contributed by atoms with van der Waals surface area (Å²) in [5.41, 5.74) is 1.31. The first-order valence-corrected chi connectivity index (χ1v) is 7.84. The minimum absolute atomic E-state index is 0.414. The Hall–Kier alpha value is -0.680. The molecule has 0 radical (unpaired) electrons. The van der Waals surface area contributed by atoms with Crippen molar-refractivity contribution in [3.63, 3.8) is 0 Å². The van der Waals surface area contributed by atoms with Crippen molar-refractivity contribution in [1.82, 2.24) is 14.8 Å². The van der Waals surface area contributed by atoms with E-state index in [-0.39, 0.29) is 0 Å². The fraction of sp³-hybridized carbons (Fsp3) is 0.385. The number of hydrogen-bond donors (Lipinski definition) is 0. The van der Waals surface area contributed by atoms with E-state index in [1.165, 1.54) is 5.56 Å². The molecule has 0 spiro atoms. The molecule has 1 atom stereocenters. The van der Waals surface area contributed by atoms with E-state index in [9.17, 15) is 0 Å². The number of benzene rings is 1. The maximum absolute atomic E-state index is 4.34. The lowest BCUT2D eigenvalue weighted by atomic mass is 9.97. The van der Waals surface area contributed by atoms with E-state index in [2.05, 4.69) is 67.1 Å². The van der Waals surface area contributed by atoms with Crippen LogP contribution in [0.2, 0.25) is 0 Å². The van der Waals surface area contributed by atoms with Crippen LogP contribution in [0.1, 0.15) is 24.2 Å². The van der Waals surface area contributed by atoms with Gasteiger partial charge in [-0.05, 0) is 24.6 Å². The molecule has 1 aromatic carbocycles. The first-order valence-electron chi connectivity index (χ1n) is 5.92. The summed E-state index contributed by atoms with van der Waals surface area (Å²) in [4.78, 5) is 4.34. The van der Waals surface area contributed by atoms with Crippen LogP contribution < -0.4 is 0 Å². The van der Waals surface area contributed by atoms with Crippen LogP contribution >= 0.6 is 31.9 Å². The molecule has 0 amide bonds. The Bertz CT molecular complexity index is 510. The molecule has 18 heavy (non-hydrogen) atoms. The van der Waals surface area contributed by atoms with Crippen molar-refractivity contribution in [3.8, 4) is 0 Å². The first kappa shape index (κ1) is 13.7. The summed E-state index contributed by atoms with van der Waals surface area (Å²) in [5.74, 6) is 1.46. The standard InChI is InChI=1S/C13H15Br2N3/c1-2-18-13(16-9-17-18)7-11(8-14)10-4-3-5-12(15)6-10/h3-6,9,11H,2,7-8H2,1H3. The molecule has 0 bridgehead atoms. The first-order chi connectivity index (χ1) is 8.74. The highest BCUT2D eigenvalue weighted by molar-refractivity contribution is 9.10. The minimum Gasteiger partial charge on any atom is -0.250 e. The van der Waals surface area contributed by atoms with Crippen molar-refractivity contribution in [3.05, 3.63) is 46.5 Å². The Labute approximate surface area is 124 Å². The second-order valence-corrected chi connectivity index (χ2v) is 5.67. The Kier molecular flexibility index (Phi) is 4.95. The van der Waals surface area contributed by atoms with Crippen LogP contribution in [0.25, 0.3) is 0 Å². The summed E-state index contributed by atoms with van der Waals surface area (Å²) in [7, 11) is 0. The van der Waals surface area contributed by atoms with Gasteiger partial charge in [-0.1, -0.05) is 44.0 Å². The van der Waals surface area contributed by atoms with Crippen LogP contribution in [0.5, 0.6) is 0 Å². The number of alkyl halides is 1. The second kappa shape index (κ2) is 6.48. The number of nitrogens with zero attached hydrogens (tertiary/aromatic N) is 3. The molecule has 0 aliphatic carbocycles. The summed E-state index contributed by atoms with van der Waals surface area (Å²) in [6.45, 7) is 2.95. The smallest absolute Gasteiger partial charge is 0.138 e. The third-order valence-electron chi connectivity index (χ3n) is 2.93. The normalized spacial score (nSPS) is 12.6. The predicted molar refractivity (Wildman–Crippen MR) is 80.1 cm³/mol. The molecule has 1 heterocycles. The van der Waals surface area contributed by atoms with E-state index < -0.39 is 0 Å². The zero-order chi connectivity index (χ0) is 13.0. The van der Waals surface area contributed by atoms with E-state index in [1.54, 1.807) is 6.33 Å². The van der Waals surface area contributed by atoms with Gasteiger partial charge in [-0.3, -0.25) is 4.68 Å². The lowest BCUT2D eigenvalue weighted by Gasteiger charge is -2.14. The molecular weight excluding hydrogens is 358 g/mol. The minimum atomic E-state index is 0.414. The molecule has 0 fully saturated rings. The van der Waals surface area contributed by atoms with Crippen LogP contribution in [-0.4, -0.2) is 20.1 Å². The monoisotopic (exact) mass is 371 g/mol. The molecule has 3 nitrogen and oxygen atoms in total. The molecule has 5 heteroatoms. The highest BCUT2D eigenvalue weighted by atomic mass is 79.9. The SMILES string of the molecule is CCn1ncnc1CC(CBr)c1cccc(Br)c1. The highest BCUT2D eigenvalue weighted by Crippen LogP contribution is 2.24. The average Bonchev–Trinajstić information content (AvgIpc) is 2.83. The van der Waals surface area contributed by atoms with Crippen molar-refractivity contribution in [2.45, 2.75) is 25.8 Å². The molecule has 0 saturated carbocycles. The van der Waals surface area contributed by atoms with Gasteiger partial charge in [0.25, 0.3) is 0 Å². The Morgan fingerprint density at radius 3 is 2.89 bits per heavy atom. The molecule has 2 aromatic rings. The van der Waals surface area contributed by atoms with Crippen LogP contribution in [-0.2, 0) is 13.0 Å².